The van der Waals surface area contributed by atoms with Gasteiger partial charge in [0, 0.05) is 25.7 Å². The van der Waals surface area contributed by atoms with Gasteiger partial charge in [0.1, 0.15) is 10.0 Å². The van der Waals surface area contributed by atoms with Gasteiger partial charge in [0.05, 0.1) is 11.1 Å². The van der Waals surface area contributed by atoms with E-state index in [1.165, 1.54) is 16.6 Å². The summed E-state index contributed by atoms with van der Waals surface area (Å²) in [6.07, 6.45) is 1.30. The minimum atomic E-state index is -3.73. The second-order valence-corrected chi connectivity index (χ2v) is 7.31. The van der Waals surface area contributed by atoms with Crippen molar-refractivity contribution in [3.05, 3.63) is 22.4 Å². The molecule has 8 heteroatoms. The van der Waals surface area contributed by atoms with Gasteiger partial charge in [-0.15, -0.1) is 0 Å². The van der Waals surface area contributed by atoms with Crippen molar-refractivity contribution in [1.29, 1.82) is 5.26 Å². The molecule has 20 heavy (non-hydrogen) atoms. The molecule has 0 fully saturated rings. The second kappa shape index (κ2) is 7.23. The molecule has 1 rings (SSSR count). The minimum Gasteiger partial charge on any atom is -0.242 e. The SMILES string of the molecule is CC(C)CN(CCC#N)S(=O)(=O)c1cnc(Cl)c(Cl)c1. The lowest BCUT2D eigenvalue weighted by molar-refractivity contribution is 0.373. The summed E-state index contributed by atoms with van der Waals surface area (Å²) in [5.74, 6) is 0.138. The molecular formula is C12H15Cl2N3O2S. The van der Waals surface area contributed by atoms with E-state index in [0.717, 1.165) is 0 Å². The van der Waals surface area contributed by atoms with Gasteiger partial charge in [0.2, 0.25) is 10.0 Å². The van der Waals surface area contributed by atoms with Gasteiger partial charge in [-0.25, -0.2) is 13.4 Å². The average Bonchev–Trinajstić information content (AvgIpc) is 2.37. The fourth-order valence-corrected chi connectivity index (χ4v) is 3.50. The van der Waals surface area contributed by atoms with Crippen molar-refractivity contribution in [2.45, 2.75) is 25.2 Å². The highest BCUT2D eigenvalue weighted by molar-refractivity contribution is 7.89. The highest BCUT2D eigenvalue weighted by Crippen LogP contribution is 2.24. The van der Waals surface area contributed by atoms with Crippen LogP contribution in [0.4, 0.5) is 0 Å². The van der Waals surface area contributed by atoms with Gasteiger partial charge in [-0.2, -0.15) is 9.57 Å². The van der Waals surface area contributed by atoms with E-state index in [0.29, 0.717) is 6.54 Å². The lowest BCUT2D eigenvalue weighted by Crippen LogP contribution is -2.35. The predicted octanol–water partition coefficient (Wildman–Crippen LogP) is 2.95. The van der Waals surface area contributed by atoms with Gasteiger partial charge in [0.15, 0.2) is 0 Å². The summed E-state index contributed by atoms with van der Waals surface area (Å²) >= 11 is 11.5. The zero-order valence-electron chi connectivity index (χ0n) is 11.2. The lowest BCUT2D eigenvalue weighted by atomic mass is 10.2. The fraction of sp³-hybridized carbons (Fsp3) is 0.500. The van der Waals surface area contributed by atoms with Crippen LogP contribution in [0.2, 0.25) is 10.2 Å². The summed E-state index contributed by atoms with van der Waals surface area (Å²) in [5, 5.41) is 8.78. The number of nitrogens with zero attached hydrogens (tertiary/aromatic N) is 3. The van der Waals surface area contributed by atoms with Gasteiger partial charge in [0.25, 0.3) is 0 Å². The summed E-state index contributed by atoms with van der Waals surface area (Å²) in [4.78, 5) is 3.73. The number of sulfonamides is 1. The third kappa shape index (κ3) is 4.32. The van der Waals surface area contributed by atoms with Crippen molar-refractivity contribution in [1.82, 2.24) is 9.29 Å². The molecule has 0 radical (unpaired) electrons. The number of rotatable bonds is 6. The van der Waals surface area contributed by atoms with Crippen LogP contribution in [0.3, 0.4) is 0 Å². The van der Waals surface area contributed by atoms with Crippen LogP contribution in [0.5, 0.6) is 0 Å². The molecule has 0 saturated carbocycles. The van der Waals surface area contributed by atoms with Crippen LogP contribution in [-0.4, -0.2) is 30.8 Å². The molecule has 5 nitrogen and oxygen atoms in total. The minimum absolute atomic E-state index is 0.0227. The molecule has 0 aliphatic rings. The molecule has 0 spiro atoms. The Kier molecular flexibility index (Phi) is 6.21. The Balaban J connectivity index is 3.14. The Bertz CT molecular complexity index is 612. The molecule has 1 heterocycles. The maximum Gasteiger partial charge on any atom is 0.244 e. The smallest absolute Gasteiger partial charge is 0.242 e. The first-order valence-corrected chi connectivity index (χ1v) is 8.16. The van der Waals surface area contributed by atoms with E-state index in [1.807, 2.05) is 19.9 Å². The van der Waals surface area contributed by atoms with Crippen molar-refractivity contribution in [2.24, 2.45) is 5.92 Å². The first-order chi connectivity index (χ1) is 9.28. The van der Waals surface area contributed by atoms with Gasteiger partial charge in [-0.05, 0) is 12.0 Å². The molecule has 1 aromatic rings. The molecule has 110 valence electrons. The molecule has 0 aromatic carbocycles. The van der Waals surface area contributed by atoms with Crippen LogP contribution in [0.25, 0.3) is 0 Å². The first-order valence-electron chi connectivity index (χ1n) is 5.97. The van der Waals surface area contributed by atoms with E-state index in [4.69, 9.17) is 28.5 Å². The Morgan fingerprint density at radius 3 is 2.60 bits per heavy atom. The van der Waals surface area contributed by atoms with E-state index in [9.17, 15) is 8.42 Å². The summed E-state index contributed by atoms with van der Waals surface area (Å²) in [5.41, 5.74) is 0. The highest BCUT2D eigenvalue weighted by Gasteiger charge is 2.25. The zero-order valence-corrected chi connectivity index (χ0v) is 13.5. The molecule has 1 aromatic heterocycles. The average molecular weight is 336 g/mol. The second-order valence-electron chi connectivity index (χ2n) is 4.61. The van der Waals surface area contributed by atoms with Crippen LogP contribution in [0, 0.1) is 17.2 Å². The molecule has 0 unspecified atom stereocenters. The summed E-state index contributed by atoms with van der Waals surface area (Å²) in [6, 6.07) is 3.22. The summed E-state index contributed by atoms with van der Waals surface area (Å²) < 4.78 is 26.3. The topological polar surface area (TPSA) is 74.1 Å². The molecule has 0 saturated heterocycles. The van der Waals surface area contributed by atoms with Crippen LogP contribution < -0.4 is 0 Å². The summed E-state index contributed by atoms with van der Waals surface area (Å²) in [6.45, 7) is 4.27. The molecule has 0 aliphatic carbocycles. The number of aromatic nitrogens is 1. The molecule has 0 atom stereocenters. The highest BCUT2D eigenvalue weighted by atomic mass is 35.5. The normalized spacial score (nSPS) is 11.8. The third-order valence-electron chi connectivity index (χ3n) is 2.45. The van der Waals surface area contributed by atoms with E-state index < -0.39 is 10.0 Å². The Labute approximate surface area is 129 Å². The van der Waals surface area contributed by atoms with Crippen molar-refractivity contribution in [3.63, 3.8) is 0 Å². The summed E-state index contributed by atoms with van der Waals surface area (Å²) in [7, 11) is -3.73. The Morgan fingerprint density at radius 1 is 1.45 bits per heavy atom. The van der Waals surface area contributed by atoms with Gasteiger partial charge in [-0.1, -0.05) is 37.0 Å². The molecule has 0 N–H and O–H groups in total. The molecular weight excluding hydrogens is 321 g/mol. The van der Waals surface area contributed by atoms with Crippen molar-refractivity contribution >= 4 is 33.2 Å². The maximum absolute atomic E-state index is 12.5. The largest absolute Gasteiger partial charge is 0.244 e. The number of hydrogen-bond donors (Lipinski definition) is 0. The fourth-order valence-electron chi connectivity index (χ4n) is 1.59. The first kappa shape index (κ1) is 17.2. The predicted molar refractivity (Wildman–Crippen MR) is 78.1 cm³/mol. The monoisotopic (exact) mass is 335 g/mol. The Hall–Kier alpha value is -0.870. The molecule has 0 aliphatic heterocycles. The van der Waals surface area contributed by atoms with Crippen LogP contribution >= 0.6 is 23.2 Å². The third-order valence-corrected chi connectivity index (χ3v) is 4.97. The van der Waals surface area contributed by atoms with Crippen LogP contribution in [0.1, 0.15) is 20.3 Å². The van der Waals surface area contributed by atoms with Crippen LogP contribution in [0.15, 0.2) is 17.2 Å². The van der Waals surface area contributed by atoms with Gasteiger partial charge >= 0.3 is 0 Å². The van der Waals surface area contributed by atoms with Crippen LogP contribution in [-0.2, 0) is 10.0 Å². The number of nitriles is 1. The molecule has 0 amide bonds. The van der Waals surface area contributed by atoms with Crippen molar-refractivity contribution in [3.8, 4) is 6.07 Å². The molecule has 0 bridgehead atoms. The Morgan fingerprint density at radius 2 is 2.10 bits per heavy atom. The van der Waals surface area contributed by atoms with Crippen molar-refractivity contribution in [2.75, 3.05) is 13.1 Å². The number of pyridine rings is 1. The van der Waals surface area contributed by atoms with E-state index in [2.05, 4.69) is 4.98 Å². The van der Waals surface area contributed by atoms with Gasteiger partial charge in [-0.3, -0.25) is 0 Å². The van der Waals surface area contributed by atoms with E-state index >= 15 is 0 Å². The maximum atomic E-state index is 12.5. The number of hydrogen-bond acceptors (Lipinski definition) is 4. The lowest BCUT2D eigenvalue weighted by Gasteiger charge is -2.23. The van der Waals surface area contributed by atoms with E-state index in [1.54, 1.807) is 0 Å². The van der Waals surface area contributed by atoms with E-state index in [-0.39, 0.29) is 34.0 Å². The number of halogens is 2. The van der Waals surface area contributed by atoms with Crippen molar-refractivity contribution < 1.29 is 8.42 Å². The standard InChI is InChI=1S/C12H15Cl2N3O2S/c1-9(2)8-17(5-3-4-15)20(18,19)10-6-11(13)12(14)16-7-10/h6-7,9H,3,5,8H2,1-2H3. The zero-order chi connectivity index (χ0) is 15.3. The van der Waals surface area contributed by atoms with Gasteiger partial charge < -0.3 is 0 Å². The quantitative estimate of drug-likeness (QED) is 0.749.